The van der Waals surface area contributed by atoms with Gasteiger partial charge in [0.05, 0.1) is 26.9 Å². The van der Waals surface area contributed by atoms with Crippen LogP contribution in [0.15, 0.2) is 66.0 Å². The van der Waals surface area contributed by atoms with Crippen molar-refractivity contribution in [1.82, 2.24) is 19.7 Å². The van der Waals surface area contributed by atoms with Crippen LogP contribution in [-0.2, 0) is 17.1 Å². The lowest BCUT2D eigenvalue weighted by Crippen LogP contribution is -2.17. The molecule has 0 saturated heterocycles. The number of hydrogen-bond acceptors (Lipinski definition) is 6. The smallest absolute Gasteiger partial charge is 0.335 e. The van der Waals surface area contributed by atoms with Crippen molar-refractivity contribution in [2.24, 2.45) is 7.05 Å². The number of aromatic nitrogens is 4. The summed E-state index contributed by atoms with van der Waals surface area (Å²) in [5.41, 5.74) is 2.19. The Kier molecular flexibility index (Phi) is 5.78. The molecule has 178 valence electrons. The van der Waals surface area contributed by atoms with E-state index in [0.717, 1.165) is 12.8 Å². The molecule has 1 fully saturated rings. The molecular formula is C24H20ClN5O4S. The predicted octanol–water partition coefficient (Wildman–Crippen LogP) is 4.57. The molecular weight excluding hydrogens is 490 g/mol. The average Bonchev–Trinajstić information content (AvgIpc) is 3.60. The maximum atomic E-state index is 13.7. The van der Waals surface area contributed by atoms with Crippen LogP contribution in [0.3, 0.4) is 0 Å². The lowest BCUT2D eigenvalue weighted by molar-refractivity contribution is 0.0696. The molecule has 2 aromatic heterocycles. The largest absolute Gasteiger partial charge is 0.478 e. The molecule has 35 heavy (non-hydrogen) atoms. The van der Waals surface area contributed by atoms with Crippen molar-refractivity contribution in [3.05, 3.63) is 77.2 Å². The van der Waals surface area contributed by atoms with Gasteiger partial charge in [-0.2, -0.15) is 5.10 Å². The number of carboxylic acid groups (broad SMARTS) is 1. The summed E-state index contributed by atoms with van der Waals surface area (Å²) in [7, 11) is -2.47. The molecule has 5 rings (SSSR count). The summed E-state index contributed by atoms with van der Waals surface area (Å²) >= 11 is 6.58. The minimum absolute atomic E-state index is 0.0537. The zero-order chi connectivity index (χ0) is 24.7. The van der Waals surface area contributed by atoms with Crippen LogP contribution in [0.25, 0.3) is 22.6 Å². The summed E-state index contributed by atoms with van der Waals surface area (Å²) in [5.74, 6) is -0.664. The molecule has 0 radical (unpaired) electrons. The Bertz CT molecular complexity index is 1550. The fraction of sp³-hybridized carbons (Fsp3) is 0.167. The van der Waals surface area contributed by atoms with Crippen LogP contribution in [0.1, 0.15) is 34.7 Å². The minimum atomic E-state index is -4.17. The summed E-state index contributed by atoms with van der Waals surface area (Å²) in [6, 6.07) is 12.7. The van der Waals surface area contributed by atoms with Gasteiger partial charge in [0.15, 0.2) is 5.82 Å². The molecule has 2 N–H and O–H groups in total. The molecule has 9 nitrogen and oxygen atoms in total. The molecule has 2 aromatic carbocycles. The molecule has 1 aliphatic carbocycles. The average molecular weight is 510 g/mol. The highest BCUT2D eigenvalue weighted by atomic mass is 35.5. The second-order valence-corrected chi connectivity index (χ2v) is 10.3. The van der Waals surface area contributed by atoms with Crippen molar-refractivity contribution in [2.75, 3.05) is 4.72 Å². The Hall–Kier alpha value is -3.76. The van der Waals surface area contributed by atoms with E-state index in [0.29, 0.717) is 33.2 Å². The van der Waals surface area contributed by atoms with E-state index >= 15 is 0 Å². The van der Waals surface area contributed by atoms with Gasteiger partial charge in [0, 0.05) is 24.4 Å². The highest BCUT2D eigenvalue weighted by Crippen LogP contribution is 2.44. The third-order valence-electron chi connectivity index (χ3n) is 5.81. The Morgan fingerprint density at radius 2 is 1.91 bits per heavy atom. The molecule has 0 aliphatic heterocycles. The van der Waals surface area contributed by atoms with Crippen molar-refractivity contribution in [1.29, 1.82) is 0 Å². The summed E-state index contributed by atoms with van der Waals surface area (Å²) < 4.78 is 31.5. The van der Waals surface area contributed by atoms with Crippen molar-refractivity contribution < 1.29 is 18.3 Å². The lowest BCUT2D eigenvalue weighted by atomic mass is 10.1. The summed E-state index contributed by atoms with van der Waals surface area (Å²) in [6.45, 7) is 0. The van der Waals surface area contributed by atoms with Crippen molar-refractivity contribution in [3.8, 4) is 22.6 Å². The first kappa shape index (κ1) is 23.0. The van der Waals surface area contributed by atoms with E-state index in [-0.39, 0.29) is 22.1 Å². The number of carbonyl (C=O) groups is 1. The molecule has 0 bridgehead atoms. The van der Waals surface area contributed by atoms with Crippen LogP contribution in [0, 0.1) is 0 Å². The second kappa shape index (κ2) is 8.79. The maximum absolute atomic E-state index is 13.7. The Morgan fingerprint density at radius 3 is 2.54 bits per heavy atom. The molecule has 0 atom stereocenters. The monoisotopic (exact) mass is 509 g/mol. The number of sulfonamides is 1. The van der Waals surface area contributed by atoms with E-state index in [9.17, 15) is 18.3 Å². The number of aryl methyl sites for hydroxylation is 1. The third kappa shape index (κ3) is 4.50. The predicted molar refractivity (Wildman–Crippen MR) is 131 cm³/mol. The van der Waals surface area contributed by atoms with Gasteiger partial charge < -0.3 is 5.11 Å². The Morgan fingerprint density at radius 1 is 1.11 bits per heavy atom. The standard InChI is InChI=1S/C24H20ClN5O4S/c1-30-23(27-13-28-30)17-12-21(18(11-19(17)25)20-4-2-3-9-26-20)29-35(33,34)22-10-15(24(31)32)7-8-16(22)14-5-6-14/h2-4,7-14,29H,5-6H2,1H3,(H,31,32). The number of pyridine rings is 1. The zero-order valence-corrected chi connectivity index (χ0v) is 20.1. The first-order valence-corrected chi connectivity index (χ1v) is 12.6. The Balaban J connectivity index is 1.67. The van der Waals surface area contributed by atoms with Crippen molar-refractivity contribution in [2.45, 2.75) is 23.7 Å². The summed E-state index contributed by atoms with van der Waals surface area (Å²) in [5, 5.41) is 13.9. The van der Waals surface area contributed by atoms with Crippen molar-refractivity contribution >= 4 is 33.3 Å². The van der Waals surface area contributed by atoms with E-state index in [1.807, 2.05) is 0 Å². The number of nitrogens with zero attached hydrogens (tertiary/aromatic N) is 4. The van der Waals surface area contributed by atoms with E-state index in [1.54, 1.807) is 49.6 Å². The molecule has 11 heteroatoms. The number of carboxylic acids is 1. The van der Waals surface area contributed by atoms with Gasteiger partial charge in [-0.3, -0.25) is 9.71 Å². The van der Waals surface area contributed by atoms with E-state index in [1.165, 1.54) is 23.1 Å². The topological polar surface area (TPSA) is 127 Å². The minimum Gasteiger partial charge on any atom is -0.478 e. The van der Waals surface area contributed by atoms with E-state index in [4.69, 9.17) is 11.6 Å². The second-order valence-electron chi connectivity index (χ2n) is 8.24. The van der Waals surface area contributed by atoms with Gasteiger partial charge in [0.25, 0.3) is 10.0 Å². The number of halogens is 1. The highest BCUT2D eigenvalue weighted by molar-refractivity contribution is 7.92. The molecule has 2 heterocycles. The van der Waals surface area contributed by atoms with Crippen molar-refractivity contribution in [3.63, 3.8) is 0 Å². The summed E-state index contributed by atoms with van der Waals surface area (Å²) in [6.07, 6.45) is 4.68. The molecule has 0 amide bonds. The Labute approximate surface area is 206 Å². The van der Waals surface area contributed by atoms with E-state index in [2.05, 4.69) is 19.8 Å². The number of rotatable bonds is 7. The highest BCUT2D eigenvalue weighted by Gasteiger charge is 2.32. The number of hydrogen-bond donors (Lipinski definition) is 2. The fourth-order valence-corrected chi connectivity index (χ4v) is 5.58. The van der Waals surface area contributed by atoms with Gasteiger partial charge in [0.1, 0.15) is 6.33 Å². The lowest BCUT2D eigenvalue weighted by Gasteiger charge is -2.17. The van der Waals surface area contributed by atoms with Crippen LogP contribution < -0.4 is 4.72 Å². The van der Waals surface area contributed by atoms with Crippen LogP contribution in [0.4, 0.5) is 5.69 Å². The first-order valence-electron chi connectivity index (χ1n) is 10.7. The zero-order valence-electron chi connectivity index (χ0n) is 18.5. The molecule has 1 aliphatic rings. The number of anilines is 1. The van der Waals surface area contributed by atoms with Gasteiger partial charge in [-0.05, 0) is 60.7 Å². The SMILES string of the molecule is Cn1ncnc1-c1cc(NS(=O)(=O)c2cc(C(=O)O)ccc2C2CC2)c(-c2ccccn2)cc1Cl. The van der Waals surface area contributed by atoms with Crippen LogP contribution in [-0.4, -0.2) is 39.2 Å². The quantitative estimate of drug-likeness (QED) is 0.373. The third-order valence-corrected chi connectivity index (χ3v) is 7.55. The van der Waals surface area contributed by atoms with Gasteiger partial charge >= 0.3 is 5.97 Å². The number of aromatic carboxylic acids is 1. The molecule has 0 unspecified atom stereocenters. The van der Waals surface area contributed by atoms with E-state index < -0.39 is 16.0 Å². The normalized spacial score (nSPS) is 13.5. The molecule has 0 spiro atoms. The number of benzene rings is 2. The maximum Gasteiger partial charge on any atom is 0.335 e. The van der Waals surface area contributed by atoms with Gasteiger partial charge in [-0.15, -0.1) is 0 Å². The van der Waals surface area contributed by atoms with Gasteiger partial charge in [-0.25, -0.2) is 22.9 Å². The van der Waals surface area contributed by atoms with Crippen LogP contribution in [0.5, 0.6) is 0 Å². The molecule has 4 aromatic rings. The first-order chi connectivity index (χ1) is 16.7. The number of nitrogens with one attached hydrogen (secondary N) is 1. The fourth-order valence-electron chi connectivity index (χ4n) is 3.93. The van der Waals surface area contributed by atoms with Gasteiger partial charge in [0.2, 0.25) is 0 Å². The molecule has 1 saturated carbocycles. The van der Waals surface area contributed by atoms with Crippen LogP contribution in [0.2, 0.25) is 5.02 Å². The van der Waals surface area contributed by atoms with Crippen LogP contribution >= 0.6 is 11.6 Å². The van der Waals surface area contributed by atoms with Gasteiger partial charge in [-0.1, -0.05) is 23.7 Å². The summed E-state index contributed by atoms with van der Waals surface area (Å²) in [4.78, 5) is 20.1.